The molecule has 3 fully saturated rings. The predicted molar refractivity (Wildman–Crippen MR) is 60.1 cm³/mol. The highest BCUT2D eigenvalue weighted by atomic mass is 35.6. The summed E-state index contributed by atoms with van der Waals surface area (Å²) in [6.45, 7) is 3.63. The van der Waals surface area contributed by atoms with Gasteiger partial charge in [-0.2, -0.15) is 0 Å². The SMILES string of the molecule is CC1CCC2CCCN3C2C1N[Si]3Cl. The molecule has 14 heavy (non-hydrogen) atoms. The molecule has 0 aromatic carbocycles. The van der Waals surface area contributed by atoms with Gasteiger partial charge in [-0.25, -0.2) is 0 Å². The van der Waals surface area contributed by atoms with E-state index in [0.717, 1.165) is 17.9 Å². The third kappa shape index (κ3) is 1.29. The number of piperidine rings is 1. The molecular weight excluding hydrogens is 212 g/mol. The molecule has 3 aliphatic rings. The van der Waals surface area contributed by atoms with Gasteiger partial charge in [0.2, 0.25) is 0 Å². The zero-order valence-corrected chi connectivity index (χ0v) is 10.4. The van der Waals surface area contributed by atoms with Gasteiger partial charge in [-0.3, -0.25) is 4.57 Å². The van der Waals surface area contributed by atoms with Crippen molar-refractivity contribution in [3.05, 3.63) is 0 Å². The summed E-state index contributed by atoms with van der Waals surface area (Å²) < 4.78 is 2.60. The lowest BCUT2D eigenvalue weighted by Gasteiger charge is -2.44. The summed E-state index contributed by atoms with van der Waals surface area (Å²) in [5.41, 5.74) is 0. The third-order valence-corrected chi connectivity index (χ3v) is 6.90. The van der Waals surface area contributed by atoms with Crippen LogP contribution in [0.2, 0.25) is 0 Å². The molecule has 0 aromatic heterocycles. The number of rotatable bonds is 0. The van der Waals surface area contributed by atoms with E-state index in [1.165, 1.54) is 32.2 Å². The lowest BCUT2D eigenvalue weighted by atomic mass is 9.72. The van der Waals surface area contributed by atoms with E-state index in [-0.39, 0.29) is 0 Å². The molecule has 1 saturated carbocycles. The standard InChI is InChI=1S/C10H18ClN2Si/c1-7-4-5-8-3-2-6-13-10(8)9(7)12-14(13)11/h7-10,12H,2-6H2,1H3. The van der Waals surface area contributed by atoms with Crippen LogP contribution in [0, 0.1) is 11.8 Å². The Morgan fingerprint density at radius 1 is 1.36 bits per heavy atom. The average Bonchev–Trinajstić information content (AvgIpc) is 2.53. The van der Waals surface area contributed by atoms with Crippen molar-refractivity contribution < 1.29 is 0 Å². The van der Waals surface area contributed by atoms with Crippen LogP contribution in [0.5, 0.6) is 0 Å². The highest BCUT2D eigenvalue weighted by molar-refractivity contribution is 7.04. The first-order valence-electron chi connectivity index (χ1n) is 5.83. The van der Waals surface area contributed by atoms with Crippen molar-refractivity contribution in [3.8, 4) is 0 Å². The Labute approximate surface area is 92.5 Å². The second kappa shape index (κ2) is 3.48. The van der Waals surface area contributed by atoms with Crippen molar-refractivity contribution in [3.63, 3.8) is 0 Å². The Hall–Kier alpha value is 0.427. The lowest BCUT2D eigenvalue weighted by molar-refractivity contribution is 0.0987. The first-order chi connectivity index (χ1) is 6.77. The molecule has 4 unspecified atom stereocenters. The summed E-state index contributed by atoms with van der Waals surface area (Å²) in [6, 6.07) is 1.50. The van der Waals surface area contributed by atoms with Gasteiger partial charge in [0.05, 0.1) is 0 Å². The minimum atomic E-state index is -0.885. The Morgan fingerprint density at radius 2 is 2.21 bits per heavy atom. The molecule has 2 heterocycles. The van der Waals surface area contributed by atoms with E-state index in [1.807, 2.05) is 0 Å². The molecule has 1 aliphatic carbocycles. The fourth-order valence-electron chi connectivity index (χ4n) is 3.57. The van der Waals surface area contributed by atoms with Crippen molar-refractivity contribution in [2.24, 2.45) is 11.8 Å². The summed E-state index contributed by atoms with van der Waals surface area (Å²) in [6.07, 6.45) is 5.65. The van der Waals surface area contributed by atoms with Crippen LogP contribution < -0.4 is 4.98 Å². The third-order valence-electron chi connectivity index (χ3n) is 4.33. The van der Waals surface area contributed by atoms with Crippen LogP contribution in [0.25, 0.3) is 0 Å². The van der Waals surface area contributed by atoms with Gasteiger partial charge in [0.1, 0.15) is 0 Å². The van der Waals surface area contributed by atoms with E-state index in [1.54, 1.807) is 0 Å². The maximum Gasteiger partial charge on any atom is 0.342 e. The average molecular weight is 230 g/mol. The van der Waals surface area contributed by atoms with Crippen LogP contribution in [-0.4, -0.2) is 31.6 Å². The van der Waals surface area contributed by atoms with E-state index in [2.05, 4.69) is 16.5 Å². The molecule has 4 atom stereocenters. The summed E-state index contributed by atoms with van der Waals surface area (Å²) in [5, 5.41) is 0. The Balaban J connectivity index is 1.88. The van der Waals surface area contributed by atoms with Crippen LogP contribution in [-0.2, 0) is 0 Å². The van der Waals surface area contributed by atoms with Crippen molar-refractivity contribution in [2.75, 3.05) is 6.54 Å². The molecule has 0 aromatic rings. The zero-order chi connectivity index (χ0) is 9.71. The van der Waals surface area contributed by atoms with Crippen LogP contribution in [0.4, 0.5) is 0 Å². The molecule has 3 rings (SSSR count). The predicted octanol–water partition coefficient (Wildman–Crippen LogP) is 1.69. The molecule has 0 amide bonds. The van der Waals surface area contributed by atoms with Crippen molar-refractivity contribution in [1.82, 2.24) is 9.55 Å². The Bertz CT molecular complexity index is 238. The topological polar surface area (TPSA) is 15.3 Å². The minimum absolute atomic E-state index is 0.709. The largest absolute Gasteiger partial charge is 0.342 e. The fourth-order valence-corrected chi connectivity index (χ4v) is 6.42. The van der Waals surface area contributed by atoms with Gasteiger partial charge < -0.3 is 4.98 Å². The van der Waals surface area contributed by atoms with Gasteiger partial charge >= 0.3 is 8.43 Å². The van der Waals surface area contributed by atoms with Crippen molar-refractivity contribution in [1.29, 1.82) is 0 Å². The van der Waals surface area contributed by atoms with Gasteiger partial charge in [-0.1, -0.05) is 6.92 Å². The van der Waals surface area contributed by atoms with Crippen LogP contribution in [0.15, 0.2) is 0 Å². The molecule has 0 bridgehead atoms. The van der Waals surface area contributed by atoms with Crippen LogP contribution >= 0.6 is 11.1 Å². The highest BCUT2D eigenvalue weighted by Gasteiger charge is 2.50. The molecule has 2 saturated heterocycles. The smallest absolute Gasteiger partial charge is 0.308 e. The van der Waals surface area contributed by atoms with Crippen LogP contribution in [0.1, 0.15) is 32.6 Å². The maximum absolute atomic E-state index is 6.43. The number of hydrogen-bond donors (Lipinski definition) is 1. The molecule has 1 radical (unpaired) electrons. The highest BCUT2D eigenvalue weighted by Crippen LogP contribution is 2.41. The fraction of sp³-hybridized carbons (Fsp3) is 1.00. The molecule has 79 valence electrons. The van der Waals surface area contributed by atoms with Crippen LogP contribution in [0.3, 0.4) is 0 Å². The number of halogens is 1. The molecule has 1 N–H and O–H groups in total. The minimum Gasteiger partial charge on any atom is -0.308 e. The van der Waals surface area contributed by atoms with E-state index in [4.69, 9.17) is 11.1 Å². The second-order valence-electron chi connectivity index (χ2n) is 5.10. The van der Waals surface area contributed by atoms with E-state index in [9.17, 15) is 0 Å². The van der Waals surface area contributed by atoms with Crippen molar-refractivity contribution in [2.45, 2.75) is 44.7 Å². The molecule has 2 aliphatic heterocycles. The quantitative estimate of drug-likeness (QED) is 0.503. The normalized spacial score (nSPS) is 49.3. The lowest BCUT2D eigenvalue weighted by Crippen LogP contribution is -2.51. The summed E-state index contributed by atoms with van der Waals surface area (Å²) >= 11 is 6.43. The zero-order valence-electron chi connectivity index (χ0n) is 8.67. The molecular formula is C10H18ClN2Si. The number of hydrogen-bond acceptors (Lipinski definition) is 2. The summed E-state index contributed by atoms with van der Waals surface area (Å²) in [5.74, 6) is 1.77. The Morgan fingerprint density at radius 3 is 3.07 bits per heavy atom. The molecule has 4 heteroatoms. The van der Waals surface area contributed by atoms with Crippen molar-refractivity contribution >= 4 is 19.5 Å². The maximum atomic E-state index is 6.43. The number of nitrogens with zero attached hydrogens (tertiary/aromatic N) is 1. The first-order valence-corrected chi connectivity index (χ1v) is 8.29. The van der Waals surface area contributed by atoms with E-state index in [0.29, 0.717) is 6.04 Å². The van der Waals surface area contributed by atoms with Gasteiger partial charge in [-0.05, 0) is 44.1 Å². The molecule has 2 nitrogen and oxygen atoms in total. The Kier molecular flexibility index (Phi) is 2.39. The number of nitrogens with one attached hydrogen (secondary N) is 1. The summed E-state index contributed by atoms with van der Waals surface area (Å²) in [7, 11) is -0.885. The molecule has 0 spiro atoms. The van der Waals surface area contributed by atoms with E-state index < -0.39 is 8.43 Å². The van der Waals surface area contributed by atoms with E-state index >= 15 is 0 Å². The second-order valence-corrected chi connectivity index (χ2v) is 7.62. The van der Waals surface area contributed by atoms with Gasteiger partial charge in [0, 0.05) is 12.1 Å². The van der Waals surface area contributed by atoms with Gasteiger partial charge in [-0.15, -0.1) is 11.1 Å². The monoisotopic (exact) mass is 229 g/mol. The van der Waals surface area contributed by atoms with Gasteiger partial charge in [0.15, 0.2) is 0 Å². The summed E-state index contributed by atoms with van der Waals surface area (Å²) in [4.78, 5) is 3.67. The van der Waals surface area contributed by atoms with Gasteiger partial charge in [0.25, 0.3) is 0 Å². The first kappa shape index (κ1) is 9.64.